The number of hydrogen-bond donors (Lipinski definition) is 1. The van der Waals surface area contributed by atoms with Crippen LogP contribution in [0.15, 0.2) is 0 Å². The monoisotopic (exact) mass is 173 g/mol. The number of nitrogens with one attached hydrogen (secondary N) is 1. The molecule has 12 heavy (non-hydrogen) atoms. The van der Waals surface area contributed by atoms with E-state index in [1.54, 1.807) is 0 Å². The van der Waals surface area contributed by atoms with Gasteiger partial charge in [-0.1, -0.05) is 6.92 Å². The van der Waals surface area contributed by atoms with Crippen molar-refractivity contribution >= 4 is 5.97 Å². The summed E-state index contributed by atoms with van der Waals surface area (Å²) in [6, 6.07) is 0. The van der Waals surface area contributed by atoms with E-state index in [-0.39, 0.29) is 5.97 Å². The van der Waals surface area contributed by atoms with Crippen LogP contribution in [-0.4, -0.2) is 25.7 Å². The summed E-state index contributed by atoms with van der Waals surface area (Å²) in [7, 11) is 0. The molecule has 0 spiro atoms. The van der Waals surface area contributed by atoms with E-state index in [4.69, 9.17) is 4.74 Å². The largest absolute Gasteiger partial charge is 0.466 e. The van der Waals surface area contributed by atoms with Gasteiger partial charge in [0.05, 0.1) is 6.61 Å². The minimum Gasteiger partial charge on any atom is -0.466 e. The molecule has 0 unspecified atom stereocenters. The molecule has 0 saturated heterocycles. The van der Waals surface area contributed by atoms with Crippen molar-refractivity contribution in [3.63, 3.8) is 0 Å². The molecule has 0 fully saturated rings. The van der Waals surface area contributed by atoms with Crippen LogP contribution in [0.5, 0.6) is 0 Å². The van der Waals surface area contributed by atoms with Crippen LogP contribution in [0.2, 0.25) is 0 Å². The summed E-state index contributed by atoms with van der Waals surface area (Å²) < 4.78 is 4.79. The molecular weight excluding hydrogens is 154 g/mol. The van der Waals surface area contributed by atoms with Crippen molar-refractivity contribution in [1.82, 2.24) is 5.32 Å². The van der Waals surface area contributed by atoms with Crippen LogP contribution >= 0.6 is 0 Å². The van der Waals surface area contributed by atoms with E-state index in [0.717, 1.165) is 25.9 Å². The fourth-order valence-electron chi connectivity index (χ4n) is 0.929. The lowest BCUT2D eigenvalue weighted by atomic mass is 10.2. The van der Waals surface area contributed by atoms with Gasteiger partial charge in [0.1, 0.15) is 0 Å². The Morgan fingerprint density at radius 1 is 1.33 bits per heavy atom. The summed E-state index contributed by atoms with van der Waals surface area (Å²) in [5, 5.41) is 3.20. The molecule has 0 saturated carbocycles. The minimum atomic E-state index is -0.0750. The summed E-state index contributed by atoms with van der Waals surface area (Å²) >= 11 is 0. The zero-order valence-electron chi connectivity index (χ0n) is 8.06. The molecule has 0 aromatic heterocycles. The first-order valence-electron chi connectivity index (χ1n) is 4.67. The lowest BCUT2D eigenvalue weighted by molar-refractivity contribution is -0.143. The van der Waals surface area contributed by atoms with Crippen molar-refractivity contribution in [1.29, 1.82) is 0 Å². The minimum absolute atomic E-state index is 0.0750. The van der Waals surface area contributed by atoms with Crippen molar-refractivity contribution < 1.29 is 9.53 Å². The lowest BCUT2D eigenvalue weighted by Crippen LogP contribution is -2.14. The number of unbranched alkanes of at least 4 members (excludes halogenated alkanes) is 1. The van der Waals surface area contributed by atoms with Crippen LogP contribution in [0.3, 0.4) is 0 Å². The molecule has 0 aliphatic carbocycles. The SMILES string of the molecule is CCNCCCCC(=O)OCC. The summed E-state index contributed by atoms with van der Waals surface area (Å²) in [6.07, 6.45) is 2.53. The number of esters is 1. The van der Waals surface area contributed by atoms with Crippen LogP contribution < -0.4 is 5.32 Å². The average molecular weight is 173 g/mol. The number of rotatable bonds is 7. The van der Waals surface area contributed by atoms with E-state index in [0.29, 0.717) is 13.0 Å². The molecule has 0 rings (SSSR count). The van der Waals surface area contributed by atoms with Crippen molar-refractivity contribution in [3.05, 3.63) is 0 Å². The summed E-state index contributed by atoms with van der Waals surface area (Å²) in [5.41, 5.74) is 0. The van der Waals surface area contributed by atoms with E-state index in [1.807, 2.05) is 6.92 Å². The van der Waals surface area contributed by atoms with Gasteiger partial charge in [0.15, 0.2) is 0 Å². The van der Waals surface area contributed by atoms with Crippen molar-refractivity contribution in [2.75, 3.05) is 19.7 Å². The molecule has 0 radical (unpaired) electrons. The average Bonchev–Trinajstić information content (AvgIpc) is 2.05. The second-order valence-corrected chi connectivity index (χ2v) is 2.62. The highest BCUT2D eigenvalue weighted by Crippen LogP contribution is 1.96. The highest BCUT2D eigenvalue weighted by molar-refractivity contribution is 5.69. The second-order valence-electron chi connectivity index (χ2n) is 2.62. The standard InChI is InChI=1S/C9H19NO2/c1-3-10-8-6-5-7-9(11)12-4-2/h10H,3-8H2,1-2H3. The predicted molar refractivity (Wildman–Crippen MR) is 49.0 cm³/mol. The summed E-state index contributed by atoms with van der Waals surface area (Å²) in [4.78, 5) is 10.8. The van der Waals surface area contributed by atoms with E-state index in [9.17, 15) is 4.79 Å². The highest BCUT2D eigenvalue weighted by atomic mass is 16.5. The molecular formula is C9H19NO2. The first kappa shape index (κ1) is 11.4. The third kappa shape index (κ3) is 7.54. The zero-order chi connectivity index (χ0) is 9.23. The maximum absolute atomic E-state index is 10.8. The van der Waals surface area contributed by atoms with Crippen LogP contribution in [-0.2, 0) is 9.53 Å². The molecule has 0 aliphatic heterocycles. The first-order chi connectivity index (χ1) is 5.81. The molecule has 0 bridgehead atoms. The zero-order valence-corrected chi connectivity index (χ0v) is 8.06. The topological polar surface area (TPSA) is 38.3 Å². The number of ether oxygens (including phenoxy) is 1. The van der Waals surface area contributed by atoms with Gasteiger partial charge in [-0.25, -0.2) is 0 Å². The summed E-state index contributed by atoms with van der Waals surface area (Å²) in [5.74, 6) is -0.0750. The van der Waals surface area contributed by atoms with Gasteiger partial charge < -0.3 is 10.1 Å². The molecule has 0 amide bonds. The third-order valence-corrected chi connectivity index (χ3v) is 1.54. The van der Waals surface area contributed by atoms with E-state index in [2.05, 4.69) is 12.2 Å². The molecule has 0 aromatic rings. The second kappa shape index (κ2) is 8.53. The molecule has 0 atom stereocenters. The van der Waals surface area contributed by atoms with E-state index >= 15 is 0 Å². The molecule has 3 nitrogen and oxygen atoms in total. The van der Waals surface area contributed by atoms with Crippen molar-refractivity contribution in [3.8, 4) is 0 Å². The Morgan fingerprint density at radius 2 is 2.08 bits per heavy atom. The quantitative estimate of drug-likeness (QED) is 0.466. The molecule has 1 N–H and O–H groups in total. The van der Waals surface area contributed by atoms with Gasteiger partial charge in [0.2, 0.25) is 0 Å². The molecule has 72 valence electrons. The normalized spacial score (nSPS) is 9.83. The van der Waals surface area contributed by atoms with E-state index in [1.165, 1.54) is 0 Å². The third-order valence-electron chi connectivity index (χ3n) is 1.54. The van der Waals surface area contributed by atoms with Crippen LogP contribution in [0.4, 0.5) is 0 Å². The van der Waals surface area contributed by atoms with Crippen LogP contribution in [0, 0.1) is 0 Å². The van der Waals surface area contributed by atoms with Crippen molar-refractivity contribution in [2.45, 2.75) is 33.1 Å². The Balaban J connectivity index is 3.03. The van der Waals surface area contributed by atoms with Gasteiger partial charge >= 0.3 is 5.97 Å². The number of carbonyl (C=O) groups excluding carboxylic acids is 1. The van der Waals surface area contributed by atoms with Gasteiger partial charge in [0, 0.05) is 6.42 Å². The Morgan fingerprint density at radius 3 is 2.67 bits per heavy atom. The summed E-state index contributed by atoms with van der Waals surface area (Å²) in [6.45, 7) is 6.39. The molecule has 3 heteroatoms. The molecule has 0 aromatic carbocycles. The predicted octanol–water partition coefficient (Wildman–Crippen LogP) is 1.33. The van der Waals surface area contributed by atoms with Crippen LogP contribution in [0.25, 0.3) is 0 Å². The van der Waals surface area contributed by atoms with Gasteiger partial charge in [-0.15, -0.1) is 0 Å². The first-order valence-corrected chi connectivity index (χ1v) is 4.67. The molecule has 0 aliphatic rings. The van der Waals surface area contributed by atoms with E-state index < -0.39 is 0 Å². The van der Waals surface area contributed by atoms with Crippen molar-refractivity contribution in [2.24, 2.45) is 0 Å². The van der Waals surface area contributed by atoms with Gasteiger partial charge in [-0.3, -0.25) is 4.79 Å². The van der Waals surface area contributed by atoms with Crippen LogP contribution in [0.1, 0.15) is 33.1 Å². The lowest BCUT2D eigenvalue weighted by Gasteiger charge is -2.01. The smallest absolute Gasteiger partial charge is 0.305 e. The Hall–Kier alpha value is -0.570. The fraction of sp³-hybridized carbons (Fsp3) is 0.889. The van der Waals surface area contributed by atoms with Gasteiger partial charge in [-0.05, 0) is 32.9 Å². The van der Waals surface area contributed by atoms with Gasteiger partial charge in [0.25, 0.3) is 0 Å². The highest BCUT2D eigenvalue weighted by Gasteiger charge is 1.99. The fourth-order valence-corrected chi connectivity index (χ4v) is 0.929. The maximum Gasteiger partial charge on any atom is 0.305 e. The molecule has 0 heterocycles. The Bertz CT molecular complexity index is 115. The Labute approximate surface area is 74.5 Å². The Kier molecular flexibility index (Phi) is 8.12. The maximum atomic E-state index is 10.8. The number of carbonyl (C=O) groups is 1. The van der Waals surface area contributed by atoms with Gasteiger partial charge in [-0.2, -0.15) is 0 Å². The number of hydrogen-bond acceptors (Lipinski definition) is 3.